The summed E-state index contributed by atoms with van der Waals surface area (Å²) in [7, 11) is 0. The number of hydrogen-bond acceptors (Lipinski definition) is 4. The molecule has 0 saturated heterocycles. The van der Waals surface area contributed by atoms with E-state index in [1.165, 1.54) is 6.92 Å². The fourth-order valence-corrected chi connectivity index (χ4v) is 2.75. The van der Waals surface area contributed by atoms with Gasteiger partial charge in [-0.25, -0.2) is 14.5 Å². The quantitative estimate of drug-likeness (QED) is 0.839. The van der Waals surface area contributed by atoms with E-state index in [1.807, 2.05) is 6.07 Å². The highest BCUT2D eigenvalue weighted by Gasteiger charge is 2.40. The van der Waals surface area contributed by atoms with Gasteiger partial charge in [0.2, 0.25) is 0 Å². The van der Waals surface area contributed by atoms with Crippen molar-refractivity contribution in [3.63, 3.8) is 0 Å². The molecule has 1 aliphatic rings. The summed E-state index contributed by atoms with van der Waals surface area (Å²) in [4.78, 5) is 24.1. The van der Waals surface area contributed by atoms with Gasteiger partial charge in [-0.2, -0.15) is 5.26 Å². The van der Waals surface area contributed by atoms with Gasteiger partial charge >= 0.3 is 12.1 Å². The molecular formula is C17H12ClN3O4. The molecule has 126 valence electrons. The molecular weight excluding hydrogens is 346 g/mol. The Bertz CT molecular complexity index is 924. The summed E-state index contributed by atoms with van der Waals surface area (Å²) >= 11 is 5.86. The van der Waals surface area contributed by atoms with Crippen molar-refractivity contribution in [3.05, 3.63) is 58.5 Å². The highest BCUT2D eigenvalue weighted by molar-refractivity contribution is 6.30. The Balaban J connectivity index is 2.07. The Hall–Kier alpha value is -3.24. The number of nitriles is 1. The van der Waals surface area contributed by atoms with Crippen LogP contribution in [0.2, 0.25) is 5.02 Å². The van der Waals surface area contributed by atoms with Gasteiger partial charge in [0.15, 0.2) is 0 Å². The molecule has 3 rings (SSSR count). The Morgan fingerprint density at radius 3 is 2.60 bits per heavy atom. The fraction of sp³-hybridized carbons (Fsp3) is 0.118. The number of urea groups is 1. The minimum Gasteiger partial charge on any atom is -0.465 e. The van der Waals surface area contributed by atoms with Crippen molar-refractivity contribution in [2.24, 2.45) is 0 Å². The van der Waals surface area contributed by atoms with Crippen molar-refractivity contribution in [2.45, 2.75) is 13.0 Å². The van der Waals surface area contributed by atoms with E-state index < -0.39 is 18.2 Å². The molecule has 7 nitrogen and oxygen atoms in total. The van der Waals surface area contributed by atoms with E-state index >= 15 is 0 Å². The zero-order chi connectivity index (χ0) is 18.1. The molecule has 2 heterocycles. The third kappa shape index (κ3) is 2.95. The lowest BCUT2D eigenvalue weighted by molar-refractivity contribution is 0.131. The van der Waals surface area contributed by atoms with Crippen LogP contribution in [0.4, 0.5) is 9.59 Å². The smallest absolute Gasteiger partial charge is 0.416 e. The molecule has 2 N–H and O–H groups in total. The molecule has 0 radical (unpaired) electrons. The minimum atomic E-state index is -1.48. The van der Waals surface area contributed by atoms with Gasteiger partial charge in [-0.1, -0.05) is 11.6 Å². The molecule has 0 aliphatic carbocycles. The highest BCUT2D eigenvalue weighted by Crippen LogP contribution is 2.36. The van der Waals surface area contributed by atoms with E-state index in [1.54, 1.807) is 36.4 Å². The molecule has 0 bridgehead atoms. The van der Waals surface area contributed by atoms with E-state index in [0.29, 0.717) is 21.4 Å². The topological polar surface area (TPSA) is 107 Å². The number of nitrogens with zero attached hydrogens (tertiary/aromatic N) is 2. The average molecular weight is 358 g/mol. The summed E-state index contributed by atoms with van der Waals surface area (Å²) in [5.74, 6) is 0.649. The maximum Gasteiger partial charge on any atom is 0.416 e. The van der Waals surface area contributed by atoms with Gasteiger partial charge in [-0.3, -0.25) is 0 Å². The lowest BCUT2D eigenvalue weighted by Crippen LogP contribution is -2.49. The molecule has 0 saturated carbocycles. The monoisotopic (exact) mass is 357 g/mol. The standard InChI is InChI=1S/C17H12ClN3O4/c1-9-12(8-19)15(21(17(23)24)16(22)20-9)14-7-6-13(25-14)10-2-4-11(18)5-3-10/h2-7,15H,1H3,(H,20,22)(H,23,24). The fourth-order valence-electron chi connectivity index (χ4n) is 2.62. The lowest BCUT2D eigenvalue weighted by atomic mass is 10.0. The Kier molecular flexibility index (Phi) is 4.21. The first-order valence-corrected chi connectivity index (χ1v) is 7.60. The van der Waals surface area contributed by atoms with Crippen LogP contribution in [0.15, 0.2) is 52.1 Å². The Morgan fingerprint density at radius 1 is 1.32 bits per heavy atom. The number of carboxylic acid groups (broad SMARTS) is 1. The van der Waals surface area contributed by atoms with Crippen LogP contribution >= 0.6 is 11.6 Å². The number of rotatable bonds is 2. The van der Waals surface area contributed by atoms with Gasteiger partial charge in [-0.15, -0.1) is 0 Å². The number of furan rings is 1. The first kappa shape index (κ1) is 16.6. The van der Waals surface area contributed by atoms with Crippen molar-refractivity contribution in [3.8, 4) is 17.4 Å². The molecule has 1 unspecified atom stereocenters. The minimum absolute atomic E-state index is 0.0963. The first-order chi connectivity index (χ1) is 11.9. The molecule has 1 aromatic heterocycles. The average Bonchev–Trinajstić information content (AvgIpc) is 3.04. The van der Waals surface area contributed by atoms with Crippen molar-refractivity contribution >= 4 is 23.7 Å². The van der Waals surface area contributed by atoms with E-state index in [2.05, 4.69) is 5.32 Å². The zero-order valence-corrected chi connectivity index (χ0v) is 13.7. The normalized spacial score (nSPS) is 17.2. The Labute approximate surface area is 147 Å². The van der Waals surface area contributed by atoms with Crippen molar-refractivity contribution in [1.82, 2.24) is 10.2 Å². The SMILES string of the molecule is CC1=C(C#N)C(c2ccc(-c3ccc(Cl)cc3)o2)N(C(=O)O)C(=O)N1. The summed E-state index contributed by atoms with van der Waals surface area (Å²) in [6.07, 6.45) is -1.48. The highest BCUT2D eigenvalue weighted by atomic mass is 35.5. The van der Waals surface area contributed by atoms with Crippen molar-refractivity contribution < 1.29 is 19.1 Å². The molecule has 3 amide bonds. The van der Waals surface area contributed by atoms with E-state index in [4.69, 9.17) is 16.0 Å². The maximum absolute atomic E-state index is 12.0. The predicted molar refractivity (Wildman–Crippen MR) is 88.6 cm³/mol. The van der Waals surface area contributed by atoms with E-state index in [-0.39, 0.29) is 11.3 Å². The number of allylic oxidation sites excluding steroid dienone is 1. The van der Waals surface area contributed by atoms with E-state index in [9.17, 15) is 20.0 Å². The van der Waals surface area contributed by atoms with Crippen LogP contribution in [0.1, 0.15) is 18.7 Å². The number of carbonyl (C=O) groups excluding carboxylic acids is 1. The van der Waals surface area contributed by atoms with Crippen LogP contribution in [-0.2, 0) is 0 Å². The number of halogens is 1. The predicted octanol–water partition coefficient (Wildman–Crippen LogP) is 4.14. The lowest BCUT2D eigenvalue weighted by Gasteiger charge is -2.31. The third-order valence-corrected chi connectivity index (χ3v) is 4.05. The van der Waals surface area contributed by atoms with E-state index in [0.717, 1.165) is 5.56 Å². The second-order valence-electron chi connectivity index (χ2n) is 5.34. The van der Waals surface area contributed by atoms with Gasteiger partial charge in [0, 0.05) is 16.3 Å². The second kappa shape index (κ2) is 6.34. The number of benzene rings is 1. The van der Waals surface area contributed by atoms with Gasteiger partial charge < -0.3 is 14.8 Å². The zero-order valence-electron chi connectivity index (χ0n) is 13.0. The third-order valence-electron chi connectivity index (χ3n) is 3.80. The largest absolute Gasteiger partial charge is 0.465 e. The first-order valence-electron chi connectivity index (χ1n) is 7.22. The van der Waals surface area contributed by atoms with Crippen LogP contribution < -0.4 is 5.32 Å². The summed E-state index contributed by atoms with van der Waals surface area (Å²) in [5.41, 5.74) is 1.12. The summed E-state index contributed by atoms with van der Waals surface area (Å²) in [6.45, 7) is 1.53. The molecule has 25 heavy (non-hydrogen) atoms. The number of imide groups is 1. The Morgan fingerprint density at radius 2 is 2.00 bits per heavy atom. The summed E-state index contributed by atoms with van der Waals surface area (Å²) in [6, 6.07) is 10.1. The van der Waals surface area contributed by atoms with Gasteiger partial charge in [-0.05, 0) is 43.3 Å². The van der Waals surface area contributed by atoms with Crippen LogP contribution in [0.25, 0.3) is 11.3 Å². The van der Waals surface area contributed by atoms with Crippen LogP contribution in [0.3, 0.4) is 0 Å². The molecule has 8 heteroatoms. The molecule has 0 spiro atoms. The summed E-state index contributed by atoms with van der Waals surface area (Å²) in [5, 5.41) is 21.7. The van der Waals surface area contributed by atoms with Gasteiger partial charge in [0.05, 0.1) is 11.6 Å². The molecule has 1 aliphatic heterocycles. The van der Waals surface area contributed by atoms with Gasteiger partial charge in [0.1, 0.15) is 17.6 Å². The molecule has 1 atom stereocenters. The van der Waals surface area contributed by atoms with Crippen LogP contribution in [0.5, 0.6) is 0 Å². The maximum atomic E-state index is 12.0. The van der Waals surface area contributed by atoms with Gasteiger partial charge in [0.25, 0.3) is 0 Å². The van der Waals surface area contributed by atoms with Crippen LogP contribution in [0, 0.1) is 11.3 Å². The second-order valence-corrected chi connectivity index (χ2v) is 5.78. The van der Waals surface area contributed by atoms with Crippen molar-refractivity contribution in [2.75, 3.05) is 0 Å². The number of hydrogen-bond donors (Lipinski definition) is 2. The molecule has 1 aromatic carbocycles. The summed E-state index contributed by atoms with van der Waals surface area (Å²) < 4.78 is 5.74. The van der Waals surface area contributed by atoms with Crippen LogP contribution in [-0.4, -0.2) is 22.1 Å². The molecule has 2 aromatic rings. The number of nitrogens with one attached hydrogen (secondary N) is 1. The number of amides is 3. The molecule has 0 fully saturated rings. The van der Waals surface area contributed by atoms with Crippen molar-refractivity contribution in [1.29, 1.82) is 5.26 Å². The number of carbonyl (C=O) groups is 2.